The Kier molecular flexibility index (Phi) is 6.27. The predicted octanol–water partition coefficient (Wildman–Crippen LogP) is 2.10. The third kappa shape index (κ3) is 4.43. The number of nitrogens with one attached hydrogen (secondary N) is 1. The van der Waals surface area contributed by atoms with Crippen LogP contribution in [0, 0.1) is 0 Å². The summed E-state index contributed by atoms with van der Waals surface area (Å²) < 4.78 is 0. The van der Waals surface area contributed by atoms with E-state index in [-0.39, 0.29) is 17.9 Å². The van der Waals surface area contributed by atoms with Crippen molar-refractivity contribution in [3.05, 3.63) is 29.8 Å². The van der Waals surface area contributed by atoms with Gasteiger partial charge in [0.25, 0.3) is 5.91 Å². The Morgan fingerprint density at radius 3 is 2.73 bits per heavy atom. The molecule has 3 rings (SSSR count). The van der Waals surface area contributed by atoms with E-state index < -0.39 is 6.10 Å². The Labute approximate surface area is 155 Å². The molecule has 0 unspecified atom stereocenters. The molecular weight excluding hydrogens is 330 g/mol. The van der Waals surface area contributed by atoms with E-state index in [1.54, 1.807) is 29.2 Å². The minimum Gasteiger partial charge on any atom is -0.390 e. The number of rotatable bonds is 6. The number of hydrogen-bond donors (Lipinski definition) is 2. The van der Waals surface area contributed by atoms with E-state index in [1.807, 2.05) is 6.92 Å². The van der Waals surface area contributed by atoms with Crippen LogP contribution >= 0.6 is 0 Å². The number of aliphatic hydroxyl groups excluding tert-OH is 1. The van der Waals surface area contributed by atoms with Crippen LogP contribution in [0.5, 0.6) is 0 Å². The lowest BCUT2D eigenvalue weighted by molar-refractivity contribution is -0.116. The van der Waals surface area contributed by atoms with Crippen LogP contribution in [0.2, 0.25) is 0 Å². The van der Waals surface area contributed by atoms with Gasteiger partial charge >= 0.3 is 0 Å². The maximum atomic E-state index is 12.8. The first-order valence-electron chi connectivity index (χ1n) is 9.70. The fourth-order valence-electron chi connectivity index (χ4n) is 3.84. The van der Waals surface area contributed by atoms with E-state index in [1.165, 1.54) is 0 Å². The van der Waals surface area contributed by atoms with Crippen molar-refractivity contribution in [3.63, 3.8) is 0 Å². The van der Waals surface area contributed by atoms with E-state index >= 15 is 0 Å². The van der Waals surface area contributed by atoms with Gasteiger partial charge in [0, 0.05) is 30.8 Å². The number of amides is 2. The number of aliphatic hydroxyl groups is 1. The monoisotopic (exact) mass is 359 g/mol. The molecule has 0 radical (unpaired) electrons. The molecule has 1 aromatic carbocycles. The Morgan fingerprint density at radius 2 is 2.00 bits per heavy atom. The summed E-state index contributed by atoms with van der Waals surface area (Å²) in [6.45, 7) is 4.98. The van der Waals surface area contributed by atoms with Crippen LogP contribution in [0.25, 0.3) is 0 Å². The molecule has 2 aliphatic rings. The number of β-amino-alcohol motifs (C(OH)–C–C–N with tert-alkyl or cyclic N) is 1. The highest BCUT2D eigenvalue weighted by molar-refractivity contribution is 5.97. The number of anilines is 1. The number of likely N-dealkylation sites (tertiary alicyclic amines) is 2. The third-order valence-electron chi connectivity index (χ3n) is 5.31. The molecule has 1 aromatic rings. The highest BCUT2D eigenvalue weighted by atomic mass is 16.3. The van der Waals surface area contributed by atoms with Gasteiger partial charge < -0.3 is 15.3 Å². The fraction of sp³-hybridized carbons (Fsp3) is 0.600. The summed E-state index contributed by atoms with van der Waals surface area (Å²) in [7, 11) is 0. The Bertz CT molecular complexity index is 643. The lowest BCUT2D eigenvalue weighted by Gasteiger charge is -2.25. The minimum atomic E-state index is -0.492. The van der Waals surface area contributed by atoms with Crippen LogP contribution in [-0.4, -0.2) is 65.0 Å². The van der Waals surface area contributed by atoms with E-state index in [9.17, 15) is 14.7 Å². The SMILES string of the molecule is CCCCC(=O)Nc1cccc(C(=O)N2C[C@H](O)[C@@H](N3CCCC3)C2)c1. The van der Waals surface area contributed by atoms with Crippen LogP contribution in [0.1, 0.15) is 49.4 Å². The summed E-state index contributed by atoms with van der Waals surface area (Å²) in [6, 6.07) is 7.11. The number of nitrogens with zero attached hydrogens (tertiary/aromatic N) is 2. The molecule has 2 atom stereocenters. The van der Waals surface area contributed by atoms with Crippen molar-refractivity contribution in [2.75, 3.05) is 31.5 Å². The highest BCUT2D eigenvalue weighted by Gasteiger charge is 2.38. The molecule has 2 fully saturated rings. The summed E-state index contributed by atoms with van der Waals surface area (Å²) in [4.78, 5) is 28.8. The van der Waals surface area contributed by atoms with Crippen molar-refractivity contribution >= 4 is 17.5 Å². The minimum absolute atomic E-state index is 0.0258. The van der Waals surface area contributed by atoms with Crippen molar-refractivity contribution in [2.45, 2.75) is 51.2 Å². The number of benzene rings is 1. The van der Waals surface area contributed by atoms with E-state index in [0.717, 1.165) is 38.8 Å². The summed E-state index contributed by atoms with van der Waals surface area (Å²) in [5, 5.41) is 13.2. The second-order valence-electron chi connectivity index (χ2n) is 7.32. The molecule has 26 heavy (non-hydrogen) atoms. The second-order valence-corrected chi connectivity index (χ2v) is 7.32. The van der Waals surface area contributed by atoms with Gasteiger partial charge in [0.15, 0.2) is 0 Å². The number of hydrogen-bond acceptors (Lipinski definition) is 4. The van der Waals surface area contributed by atoms with Crippen molar-refractivity contribution in [2.24, 2.45) is 0 Å². The molecule has 0 bridgehead atoms. The first-order valence-corrected chi connectivity index (χ1v) is 9.70. The predicted molar refractivity (Wildman–Crippen MR) is 101 cm³/mol. The van der Waals surface area contributed by atoms with Gasteiger partial charge in [-0.1, -0.05) is 19.4 Å². The third-order valence-corrected chi connectivity index (χ3v) is 5.31. The lowest BCUT2D eigenvalue weighted by atomic mass is 10.1. The molecule has 142 valence electrons. The fourth-order valence-corrected chi connectivity index (χ4v) is 3.84. The maximum absolute atomic E-state index is 12.8. The number of unbranched alkanes of at least 4 members (excludes halogenated alkanes) is 1. The van der Waals surface area contributed by atoms with Gasteiger partial charge in [-0.05, 0) is 50.6 Å². The molecule has 0 saturated carbocycles. The molecular formula is C20H29N3O3. The van der Waals surface area contributed by atoms with Gasteiger partial charge in [-0.15, -0.1) is 0 Å². The van der Waals surface area contributed by atoms with Gasteiger partial charge in [0.1, 0.15) is 0 Å². The van der Waals surface area contributed by atoms with E-state index in [2.05, 4.69) is 10.2 Å². The maximum Gasteiger partial charge on any atom is 0.254 e. The van der Waals surface area contributed by atoms with Gasteiger partial charge in [-0.2, -0.15) is 0 Å². The number of carbonyl (C=O) groups is 2. The number of carbonyl (C=O) groups excluding carboxylic acids is 2. The van der Waals surface area contributed by atoms with E-state index in [0.29, 0.717) is 30.8 Å². The van der Waals surface area contributed by atoms with Crippen LogP contribution < -0.4 is 5.32 Å². The normalized spacial score (nSPS) is 23.4. The Balaban J connectivity index is 1.62. The highest BCUT2D eigenvalue weighted by Crippen LogP contribution is 2.23. The molecule has 0 aromatic heterocycles. The lowest BCUT2D eigenvalue weighted by Crippen LogP contribution is -2.41. The summed E-state index contributed by atoms with van der Waals surface area (Å²) in [5.74, 6) is -0.113. The molecule has 6 heteroatoms. The summed E-state index contributed by atoms with van der Waals surface area (Å²) in [5.41, 5.74) is 1.19. The van der Waals surface area contributed by atoms with Gasteiger partial charge in [-0.3, -0.25) is 14.5 Å². The molecule has 2 aliphatic heterocycles. The van der Waals surface area contributed by atoms with Crippen molar-refractivity contribution < 1.29 is 14.7 Å². The zero-order valence-electron chi connectivity index (χ0n) is 15.5. The molecule has 6 nitrogen and oxygen atoms in total. The zero-order valence-corrected chi connectivity index (χ0v) is 15.5. The smallest absolute Gasteiger partial charge is 0.254 e. The van der Waals surface area contributed by atoms with Crippen LogP contribution in [-0.2, 0) is 4.79 Å². The standard InChI is InChI=1S/C20H29N3O3/c1-2-3-9-19(25)21-16-8-6-7-15(12-16)20(26)23-13-17(18(24)14-23)22-10-4-5-11-22/h6-8,12,17-18,24H,2-5,9-11,13-14H2,1H3,(H,21,25)/t17-,18-/m0/s1. The van der Waals surface area contributed by atoms with Crippen LogP contribution in [0.3, 0.4) is 0 Å². The molecule has 2 amide bonds. The van der Waals surface area contributed by atoms with Crippen molar-refractivity contribution in [1.82, 2.24) is 9.80 Å². The van der Waals surface area contributed by atoms with E-state index in [4.69, 9.17) is 0 Å². The first kappa shape index (κ1) is 18.9. The average molecular weight is 359 g/mol. The van der Waals surface area contributed by atoms with Crippen LogP contribution in [0.15, 0.2) is 24.3 Å². The van der Waals surface area contributed by atoms with Crippen LogP contribution in [0.4, 0.5) is 5.69 Å². The van der Waals surface area contributed by atoms with Gasteiger partial charge in [-0.25, -0.2) is 0 Å². The first-order chi connectivity index (χ1) is 12.6. The average Bonchev–Trinajstić information content (AvgIpc) is 3.29. The molecule has 2 saturated heterocycles. The summed E-state index contributed by atoms with van der Waals surface area (Å²) in [6.07, 6.45) is 4.15. The van der Waals surface area contributed by atoms with Crippen molar-refractivity contribution in [3.8, 4) is 0 Å². The summed E-state index contributed by atoms with van der Waals surface area (Å²) >= 11 is 0. The molecule has 2 heterocycles. The zero-order chi connectivity index (χ0) is 18.5. The van der Waals surface area contributed by atoms with Gasteiger partial charge in [0.05, 0.1) is 12.1 Å². The Morgan fingerprint density at radius 1 is 1.23 bits per heavy atom. The quantitative estimate of drug-likeness (QED) is 0.816. The topological polar surface area (TPSA) is 72.9 Å². The Hall–Kier alpha value is -1.92. The molecule has 0 aliphatic carbocycles. The molecule has 0 spiro atoms. The van der Waals surface area contributed by atoms with Gasteiger partial charge in [0.2, 0.25) is 5.91 Å². The molecule has 2 N–H and O–H groups in total. The largest absolute Gasteiger partial charge is 0.390 e. The second kappa shape index (κ2) is 8.64. The van der Waals surface area contributed by atoms with Crippen molar-refractivity contribution in [1.29, 1.82) is 0 Å².